The van der Waals surface area contributed by atoms with Crippen molar-refractivity contribution in [2.45, 2.75) is 32.5 Å². The van der Waals surface area contributed by atoms with Crippen LogP contribution < -0.4 is 4.74 Å². The third-order valence-corrected chi connectivity index (χ3v) is 1.86. The lowest BCUT2D eigenvalue weighted by Crippen LogP contribution is -2.18. The molecule has 0 saturated heterocycles. The molecule has 0 bridgehead atoms. The van der Waals surface area contributed by atoms with Crippen molar-refractivity contribution >= 4 is 0 Å². The van der Waals surface area contributed by atoms with Crippen LogP contribution >= 0.6 is 0 Å². The molecule has 1 aromatic heterocycles. The molecule has 0 saturated carbocycles. The van der Waals surface area contributed by atoms with E-state index in [0.29, 0.717) is 18.9 Å². The lowest BCUT2D eigenvalue weighted by atomic mass is 10.2. The fourth-order valence-electron chi connectivity index (χ4n) is 1.29. The van der Waals surface area contributed by atoms with E-state index in [0.717, 1.165) is 5.69 Å². The first kappa shape index (κ1) is 12.9. The van der Waals surface area contributed by atoms with Crippen LogP contribution in [0.5, 0.6) is 5.88 Å². The van der Waals surface area contributed by atoms with E-state index in [9.17, 15) is 5.11 Å². The largest absolute Gasteiger partial charge is 0.475 e. The third-order valence-electron chi connectivity index (χ3n) is 1.86. The first-order chi connectivity index (χ1) is 7.61. The first-order valence-corrected chi connectivity index (χ1v) is 5.26. The van der Waals surface area contributed by atoms with Gasteiger partial charge in [0.1, 0.15) is 6.33 Å². The number of nitrogens with zero attached hydrogens (tertiary/aromatic N) is 2. The van der Waals surface area contributed by atoms with E-state index < -0.39 is 6.10 Å². The second kappa shape index (κ2) is 6.40. The van der Waals surface area contributed by atoms with Gasteiger partial charge in [0, 0.05) is 19.6 Å². The van der Waals surface area contributed by atoms with Gasteiger partial charge in [-0.2, -0.15) is 0 Å². The zero-order valence-electron chi connectivity index (χ0n) is 9.88. The van der Waals surface area contributed by atoms with Crippen molar-refractivity contribution in [3.8, 4) is 5.88 Å². The van der Waals surface area contributed by atoms with E-state index in [2.05, 4.69) is 9.97 Å². The van der Waals surface area contributed by atoms with Crippen LogP contribution in [0.2, 0.25) is 0 Å². The molecule has 1 N–H and O–H groups in total. The van der Waals surface area contributed by atoms with Crippen LogP contribution in [0.4, 0.5) is 0 Å². The monoisotopic (exact) mass is 226 g/mol. The number of hydrogen-bond acceptors (Lipinski definition) is 5. The van der Waals surface area contributed by atoms with E-state index in [4.69, 9.17) is 9.47 Å². The first-order valence-electron chi connectivity index (χ1n) is 5.26. The summed E-state index contributed by atoms with van der Waals surface area (Å²) in [6.45, 7) is 4.16. The van der Waals surface area contributed by atoms with Crippen LogP contribution in [0, 0.1) is 0 Å². The van der Waals surface area contributed by atoms with Gasteiger partial charge in [0.15, 0.2) is 0 Å². The molecule has 0 aromatic carbocycles. The molecule has 0 fully saturated rings. The molecule has 90 valence electrons. The maximum atomic E-state index is 9.55. The molecule has 0 radical (unpaired) electrons. The minimum absolute atomic E-state index is 0.0756. The second-order valence-corrected chi connectivity index (χ2v) is 3.83. The van der Waals surface area contributed by atoms with Gasteiger partial charge in [-0.25, -0.2) is 9.97 Å². The maximum Gasteiger partial charge on any atom is 0.216 e. The molecule has 1 unspecified atom stereocenters. The summed E-state index contributed by atoms with van der Waals surface area (Å²) in [6.07, 6.45) is 1.40. The smallest absolute Gasteiger partial charge is 0.216 e. The molecule has 0 aliphatic rings. The fraction of sp³-hybridized carbons (Fsp3) is 0.636. The Kier molecular flexibility index (Phi) is 5.14. The summed E-state index contributed by atoms with van der Waals surface area (Å²) in [5, 5.41) is 9.55. The Labute approximate surface area is 95.4 Å². The molecule has 0 aliphatic carbocycles. The Hall–Kier alpha value is -1.20. The van der Waals surface area contributed by atoms with Gasteiger partial charge >= 0.3 is 0 Å². The van der Waals surface area contributed by atoms with Crippen molar-refractivity contribution in [2.75, 3.05) is 13.7 Å². The van der Waals surface area contributed by atoms with E-state index in [-0.39, 0.29) is 6.10 Å². The van der Waals surface area contributed by atoms with Crippen molar-refractivity contribution in [1.82, 2.24) is 9.97 Å². The number of aliphatic hydroxyl groups excluding tert-OH is 1. The standard InChI is InChI=1S/C11H18N2O3/c1-8(2)16-11-5-9(12-7-13-11)4-10(14)6-15-3/h5,7-8,10,14H,4,6H2,1-3H3. The average molecular weight is 226 g/mol. The molecule has 5 nitrogen and oxygen atoms in total. The van der Waals surface area contributed by atoms with Crippen LogP contribution in [0.15, 0.2) is 12.4 Å². The number of aliphatic hydroxyl groups is 1. The van der Waals surface area contributed by atoms with Crippen molar-refractivity contribution in [1.29, 1.82) is 0 Å². The number of methoxy groups -OCH3 is 1. The Balaban J connectivity index is 2.59. The zero-order chi connectivity index (χ0) is 12.0. The Morgan fingerprint density at radius 3 is 2.75 bits per heavy atom. The topological polar surface area (TPSA) is 64.5 Å². The summed E-state index contributed by atoms with van der Waals surface area (Å²) in [4.78, 5) is 8.05. The molecule has 0 aliphatic heterocycles. The SMILES string of the molecule is COCC(O)Cc1cc(OC(C)C)ncn1. The van der Waals surface area contributed by atoms with Crippen LogP contribution in [0.25, 0.3) is 0 Å². The van der Waals surface area contributed by atoms with Crippen molar-refractivity contribution < 1.29 is 14.6 Å². The van der Waals surface area contributed by atoms with E-state index in [1.165, 1.54) is 6.33 Å². The minimum Gasteiger partial charge on any atom is -0.475 e. The Morgan fingerprint density at radius 2 is 2.12 bits per heavy atom. The van der Waals surface area contributed by atoms with E-state index in [1.807, 2.05) is 13.8 Å². The highest BCUT2D eigenvalue weighted by atomic mass is 16.5. The molecule has 1 atom stereocenters. The van der Waals surface area contributed by atoms with Crippen LogP contribution in [0.3, 0.4) is 0 Å². The van der Waals surface area contributed by atoms with Crippen molar-refractivity contribution in [3.63, 3.8) is 0 Å². The summed E-state index contributed by atoms with van der Waals surface area (Å²) in [5.74, 6) is 0.532. The predicted molar refractivity (Wildman–Crippen MR) is 59.4 cm³/mol. The summed E-state index contributed by atoms with van der Waals surface area (Å²) in [5.41, 5.74) is 0.746. The highest BCUT2D eigenvalue weighted by Gasteiger charge is 2.08. The predicted octanol–water partition coefficient (Wildman–Crippen LogP) is 0.814. The molecular weight excluding hydrogens is 208 g/mol. The number of rotatable bonds is 6. The van der Waals surface area contributed by atoms with Crippen molar-refractivity contribution in [2.24, 2.45) is 0 Å². The highest BCUT2D eigenvalue weighted by molar-refractivity contribution is 5.14. The Morgan fingerprint density at radius 1 is 1.38 bits per heavy atom. The zero-order valence-corrected chi connectivity index (χ0v) is 9.88. The molecule has 0 amide bonds. The van der Waals surface area contributed by atoms with Crippen LogP contribution in [0.1, 0.15) is 19.5 Å². The second-order valence-electron chi connectivity index (χ2n) is 3.83. The average Bonchev–Trinajstić information content (AvgIpc) is 2.17. The molecule has 1 heterocycles. The van der Waals surface area contributed by atoms with Crippen LogP contribution in [-0.2, 0) is 11.2 Å². The molecule has 1 aromatic rings. The molecule has 1 rings (SSSR count). The van der Waals surface area contributed by atoms with Gasteiger partial charge in [0.2, 0.25) is 5.88 Å². The molecular formula is C11H18N2O3. The fourth-order valence-corrected chi connectivity index (χ4v) is 1.29. The minimum atomic E-state index is -0.549. The Bertz CT molecular complexity index is 318. The number of ether oxygens (including phenoxy) is 2. The highest BCUT2D eigenvalue weighted by Crippen LogP contribution is 2.10. The lowest BCUT2D eigenvalue weighted by Gasteiger charge is -2.11. The van der Waals surface area contributed by atoms with Crippen molar-refractivity contribution in [3.05, 3.63) is 18.1 Å². The summed E-state index contributed by atoms with van der Waals surface area (Å²) in [7, 11) is 1.55. The van der Waals surface area contributed by atoms with Gasteiger partial charge in [-0.1, -0.05) is 0 Å². The van der Waals surface area contributed by atoms with E-state index in [1.54, 1.807) is 13.2 Å². The number of aromatic nitrogens is 2. The quantitative estimate of drug-likeness (QED) is 0.777. The molecule has 5 heteroatoms. The summed E-state index contributed by atoms with van der Waals surface area (Å²) >= 11 is 0. The number of hydrogen-bond donors (Lipinski definition) is 1. The van der Waals surface area contributed by atoms with Gasteiger partial charge in [-0.3, -0.25) is 0 Å². The molecule has 0 spiro atoms. The third kappa shape index (κ3) is 4.55. The summed E-state index contributed by atoms with van der Waals surface area (Å²) < 4.78 is 10.3. The van der Waals surface area contributed by atoms with Gasteiger partial charge in [-0.15, -0.1) is 0 Å². The van der Waals surface area contributed by atoms with Gasteiger partial charge in [-0.05, 0) is 13.8 Å². The van der Waals surface area contributed by atoms with Crippen LogP contribution in [-0.4, -0.2) is 41.0 Å². The van der Waals surface area contributed by atoms with Gasteiger partial charge < -0.3 is 14.6 Å². The van der Waals surface area contributed by atoms with E-state index >= 15 is 0 Å². The maximum absolute atomic E-state index is 9.55. The lowest BCUT2D eigenvalue weighted by molar-refractivity contribution is 0.0643. The summed E-state index contributed by atoms with van der Waals surface area (Å²) in [6, 6.07) is 1.74. The molecule has 16 heavy (non-hydrogen) atoms. The van der Waals surface area contributed by atoms with Gasteiger partial charge in [0.05, 0.1) is 24.5 Å². The van der Waals surface area contributed by atoms with Gasteiger partial charge in [0.25, 0.3) is 0 Å². The normalized spacial score (nSPS) is 12.8.